The van der Waals surface area contributed by atoms with E-state index in [0.717, 1.165) is 12.3 Å². The average molecular weight is 291 g/mol. The number of amides is 1. The lowest BCUT2D eigenvalue weighted by atomic mass is 9.97. The van der Waals surface area contributed by atoms with Crippen LogP contribution in [0.4, 0.5) is 0 Å². The van der Waals surface area contributed by atoms with Gasteiger partial charge in [0.15, 0.2) is 0 Å². The molecule has 3 rings (SSSR count). The standard InChI is InChI=1S/C15H21N3O3/c1-8-11(14(20)18-15(21)16-8)7-13(19)17-12-6-5-9-3-2-4-10(9)12/h9-10,12H,2-7H2,1H3,(H,17,19)(H2,16,18,20,21)/t9-,10-,12-/m1/s1. The van der Waals surface area contributed by atoms with Crippen LogP contribution in [0.2, 0.25) is 0 Å². The third-order valence-electron chi connectivity index (χ3n) is 5.02. The van der Waals surface area contributed by atoms with Gasteiger partial charge in [-0.05, 0) is 38.0 Å². The number of aromatic nitrogens is 2. The summed E-state index contributed by atoms with van der Waals surface area (Å²) in [6, 6.07) is 0.257. The van der Waals surface area contributed by atoms with E-state index in [9.17, 15) is 14.4 Å². The zero-order valence-corrected chi connectivity index (χ0v) is 12.2. The fourth-order valence-corrected chi connectivity index (χ4v) is 4.00. The minimum atomic E-state index is -0.536. The van der Waals surface area contributed by atoms with Gasteiger partial charge >= 0.3 is 5.69 Å². The third kappa shape index (κ3) is 2.80. The molecule has 0 aliphatic heterocycles. The third-order valence-corrected chi connectivity index (χ3v) is 5.02. The highest BCUT2D eigenvalue weighted by Gasteiger charge is 2.39. The Bertz CT molecular complexity index is 661. The van der Waals surface area contributed by atoms with Crippen LogP contribution in [0.1, 0.15) is 43.4 Å². The van der Waals surface area contributed by atoms with Gasteiger partial charge in [-0.1, -0.05) is 12.8 Å². The fraction of sp³-hybridized carbons (Fsp3) is 0.667. The van der Waals surface area contributed by atoms with Crippen molar-refractivity contribution in [3.8, 4) is 0 Å². The summed E-state index contributed by atoms with van der Waals surface area (Å²) in [6.07, 6.45) is 6.02. The zero-order chi connectivity index (χ0) is 15.0. The number of carbonyl (C=O) groups excluding carboxylic acids is 1. The van der Waals surface area contributed by atoms with Gasteiger partial charge < -0.3 is 10.3 Å². The number of hydrogen-bond donors (Lipinski definition) is 3. The first kappa shape index (κ1) is 14.1. The number of carbonyl (C=O) groups is 1. The van der Waals surface area contributed by atoms with Crippen molar-refractivity contribution in [3.63, 3.8) is 0 Å². The molecule has 2 fully saturated rings. The summed E-state index contributed by atoms with van der Waals surface area (Å²) in [7, 11) is 0. The molecule has 3 N–H and O–H groups in total. The monoisotopic (exact) mass is 291 g/mol. The maximum absolute atomic E-state index is 12.2. The normalized spacial score (nSPS) is 27.6. The van der Waals surface area contributed by atoms with Gasteiger partial charge in [0.2, 0.25) is 5.91 Å². The molecule has 0 radical (unpaired) electrons. The molecule has 1 heterocycles. The summed E-state index contributed by atoms with van der Waals surface area (Å²) < 4.78 is 0. The number of fused-ring (bicyclic) bond motifs is 1. The van der Waals surface area contributed by atoms with Crippen LogP contribution >= 0.6 is 0 Å². The Morgan fingerprint density at radius 2 is 2.00 bits per heavy atom. The molecule has 0 bridgehead atoms. The molecule has 6 nitrogen and oxygen atoms in total. The lowest BCUT2D eigenvalue weighted by Crippen LogP contribution is -2.40. The van der Waals surface area contributed by atoms with Crippen LogP contribution in [0.25, 0.3) is 0 Å². The van der Waals surface area contributed by atoms with E-state index in [1.165, 1.54) is 25.7 Å². The molecular weight excluding hydrogens is 270 g/mol. The molecule has 0 spiro atoms. The Hall–Kier alpha value is -1.85. The maximum Gasteiger partial charge on any atom is 0.325 e. The van der Waals surface area contributed by atoms with E-state index in [1.54, 1.807) is 6.92 Å². The number of rotatable bonds is 3. The zero-order valence-electron chi connectivity index (χ0n) is 12.2. The van der Waals surface area contributed by atoms with Crippen LogP contribution < -0.4 is 16.6 Å². The van der Waals surface area contributed by atoms with Crippen LogP contribution in [0.5, 0.6) is 0 Å². The molecule has 3 atom stereocenters. The summed E-state index contributed by atoms with van der Waals surface area (Å²) in [6.45, 7) is 1.64. The van der Waals surface area contributed by atoms with Crippen LogP contribution in [-0.2, 0) is 11.2 Å². The van der Waals surface area contributed by atoms with E-state index < -0.39 is 11.2 Å². The summed E-state index contributed by atoms with van der Waals surface area (Å²) in [5.74, 6) is 1.26. The highest BCUT2D eigenvalue weighted by atomic mass is 16.2. The Morgan fingerprint density at radius 3 is 2.76 bits per heavy atom. The van der Waals surface area contributed by atoms with Gasteiger partial charge in [0.1, 0.15) is 0 Å². The second kappa shape index (κ2) is 5.50. The van der Waals surface area contributed by atoms with Crippen LogP contribution in [0, 0.1) is 18.8 Å². The van der Waals surface area contributed by atoms with E-state index in [4.69, 9.17) is 0 Å². The van der Waals surface area contributed by atoms with E-state index in [2.05, 4.69) is 15.3 Å². The highest BCUT2D eigenvalue weighted by Crippen LogP contribution is 2.43. The Morgan fingerprint density at radius 1 is 1.19 bits per heavy atom. The number of aryl methyl sites for hydroxylation is 1. The van der Waals surface area contributed by atoms with Crippen LogP contribution in [0.3, 0.4) is 0 Å². The Kier molecular flexibility index (Phi) is 3.69. The smallest absolute Gasteiger partial charge is 0.325 e. The van der Waals surface area contributed by atoms with Crippen molar-refractivity contribution in [2.75, 3.05) is 0 Å². The molecule has 2 aliphatic rings. The molecule has 1 aromatic heterocycles. The van der Waals surface area contributed by atoms with E-state index >= 15 is 0 Å². The number of H-pyrrole nitrogens is 2. The van der Waals surface area contributed by atoms with Crippen molar-refractivity contribution in [1.82, 2.24) is 15.3 Å². The van der Waals surface area contributed by atoms with Gasteiger partial charge in [0.25, 0.3) is 5.56 Å². The molecule has 0 unspecified atom stereocenters. The second-order valence-electron chi connectivity index (χ2n) is 6.29. The Balaban J connectivity index is 1.67. The van der Waals surface area contributed by atoms with Gasteiger partial charge in [-0.15, -0.1) is 0 Å². The second-order valence-corrected chi connectivity index (χ2v) is 6.29. The topological polar surface area (TPSA) is 94.8 Å². The first-order valence-electron chi connectivity index (χ1n) is 7.66. The molecule has 0 saturated heterocycles. The molecule has 114 valence electrons. The van der Waals surface area contributed by atoms with Gasteiger partial charge in [-0.25, -0.2) is 4.79 Å². The fourth-order valence-electron chi connectivity index (χ4n) is 4.00. The number of aromatic amines is 2. The molecule has 21 heavy (non-hydrogen) atoms. The highest BCUT2D eigenvalue weighted by molar-refractivity contribution is 5.79. The van der Waals surface area contributed by atoms with E-state index in [1.807, 2.05) is 0 Å². The van der Waals surface area contributed by atoms with Gasteiger partial charge in [0, 0.05) is 17.3 Å². The molecule has 6 heteroatoms. The van der Waals surface area contributed by atoms with Gasteiger partial charge in [-0.3, -0.25) is 14.6 Å². The van der Waals surface area contributed by atoms with Crippen molar-refractivity contribution in [1.29, 1.82) is 0 Å². The van der Waals surface area contributed by atoms with Crippen molar-refractivity contribution < 1.29 is 4.79 Å². The molecule has 1 amide bonds. The summed E-state index contributed by atoms with van der Waals surface area (Å²) >= 11 is 0. The molecule has 2 aliphatic carbocycles. The van der Waals surface area contributed by atoms with Crippen molar-refractivity contribution in [3.05, 3.63) is 32.1 Å². The lowest BCUT2D eigenvalue weighted by Gasteiger charge is -2.20. The van der Waals surface area contributed by atoms with E-state index in [0.29, 0.717) is 17.2 Å². The molecular formula is C15H21N3O3. The summed E-state index contributed by atoms with van der Waals surface area (Å²) in [5.41, 5.74) is -0.208. The van der Waals surface area contributed by atoms with Crippen molar-refractivity contribution >= 4 is 5.91 Å². The first-order valence-corrected chi connectivity index (χ1v) is 7.66. The van der Waals surface area contributed by atoms with Crippen molar-refractivity contribution in [2.45, 2.75) is 51.5 Å². The Labute approximate surface area is 122 Å². The first-order chi connectivity index (χ1) is 10.0. The van der Waals surface area contributed by atoms with Crippen molar-refractivity contribution in [2.24, 2.45) is 11.8 Å². The largest absolute Gasteiger partial charge is 0.353 e. The molecule has 1 aromatic rings. The minimum absolute atomic E-state index is 0.0197. The summed E-state index contributed by atoms with van der Waals surface area (Å²) in [4.78, 5) is 39.8. The van der Waals surface area contributed by atoms with Gasteiger partial charge in [-0.2, -0.15) is 0 Å². The van der Waals surface area contributed by atoms with E-state index in [-0.39, 0.29) is 18.4 Å². The minimum Gasteiger partial charge on any atom is -0.353 e. The average Bonchev–Trinajstić information content (AvgIpc) is 2.99. The molecule has 0 aromatic carbocycles. The lowest BCUT2D eigenvalue weighted by molar-refractivity contribution is -0.121. The predicted octanol–water partition coefficient (Wildman–Crippen LogP) is 0.609. The molecule has 2 saturated carbocycles. The summed E-state index contributed by atoms with van der Waals surface area (Å²) in [5, 5.41) is 3.08. The van der Waals surface area contributed by atoms with Crippen LogP contribution in [-0.4, -0.2) is 21.9 Å². The van der Waals surface area contributed by atoms with Gasteiger partial charge in [0.05, 0.1) is 6.42 Å². The quantitative estimate of drug-likeness (QED) is 0.761. The number of hydrogen-bond acceptors (Lipinski definition) is 3. The number of nitrogens with one attached hydrogen (secondary N) is 3. The SMILES string of the molecule is Cc1[nH]c(=O)[nH]c(=O)c1CC(=O)N[C@@H]1CC[C@H]2CCC[C@H]21. The van der Waals surface area contributed by atoms with Crippen LogP contribution in [0.15, 0.2) is 9.59 Å². The predicted molar refractivity (Wildman–Crippen MR) is 78.1 cm³/mol. The maximum atomic E-state index is 12.2.